The number of hydrogen-bond acceptors (Lipinski definition) is 4. The Balaban J connectivity index is 2.15. The number of pyridine rings is 1. The Labute approximate surface area is 109 Å². The van der Waals surface area contributed by atoms with Crippen molar-refractivity contribution in [3.05, 3.63) is 40.1 Å². The molecule has 0 saturated carbocycles. The Kier molecular flexibility index (Phi) is 3.47. The van der Waals surface area contributed by atoms with Crippen LogP contribution in [0.5, 0.6) is 0 Å². The monoisotopic (exact) mass is 295 g/mol. The quantitative estimate of drug-likeness (QED) is 0.939. The van der Waals surface area contributed by atoms with E-state index in [9.17, 15) is 0 Å². The van der Waals surface area contributed by atoms with Crippen LogP contribution in [0.4, 0.5) is 5.82 Å². The summed E-state index contributed by atoms with van der Waals surface area (Å²) in [6, 6.07) is 2.01. The molecule has 0 spiro atoms. The SMILES string of the molecule is Cc1cnc(C(C)Nc2ncc(Br)cc2C)o1. The topological polar surface area (TPSA) is 51.0 Å². The molecule has 2 aromatic heterocycles. The van der Waals surface area contributed by atoms with E-state index in [1.165, 1.54) is 0 Å². The van der Waals surface area contributed by atoms with Gasteiger partial charge in [0.1, 0.15) is 17.6 Å². The fourth-order valence-electron chi connectivity index (χ4n) is 1.53. The van der Waals surface area contributed by atoms with Gasteiger partial charge >= 0.3 is 0 Å². The molecule has 0 aliphatic carbocycles. The first kappa shape index (κ1) is 12.1. The minimum absolute atomic E-state index is 0.00363. The van der Waals surface area contributed by atoms with Crippen molar-refractivity contribution < 1.29 is 4.42 Å². The lowest BCUT2D eigenvalue weighted by molar-refractivity contribution is 0.453. The number of aryl methyl sites for hydroxylation is 2. The molecule has 0 saturated heterocycles. The van der Waals surface area contributed by atoms with Gasteiger partial charge in [0, 0.05) is 10.7 Å². The minimum atomic E-state index is -0.00363. The van der Waals surface area contributed by atoms with E-state index in [4.69, 9.17) is 4.42 Å². The van der Waals surface area contributed by atoms with E-state index in [0.29, 0.717) is 5.89 Å². The number of halogens is 1. The number of anilines is 1. The Hall–Kier alpha value is -1.36. The Morgan fingerprint density at radius 1 is 1.29 bits per heavy atom. The molecule has 0 aliphatic rings. The molecule has 4 nitrogen and oxygen atoms in total. The predicted molar refractivity (Wildman–Crippen MR) is 70.0 cm³/mol. The number of aromatic nitrogens is 2. The van der Waals surface area contributed by atoms with Crippen LogP contribution in [0.2, 0.25) is 0 Å². The third kappa shape index (κ3) is 2.85. The van der Waals surface area contributed by atoms with E-state index in [0.717, 1.165) is 21.6 Å². The highest BCUT2D eigenvalue weighted by Crippen LogP contribution is 2.22. The minimum Gasteiger partial charge on any atom is -0.444 e. The molecule has 5 heteroatoms. The zero-order valence-corrected chi connectivity index (χ0v) is 11.6. The van der Waals surface area contributed by atoms with Crippen molar-refractivity contribution in [2.75, 3.05) is 5.32 Å². The lowest BCUT2D eigenvalue weighted by Crippen LogP contribution is -2.09. The number of nitrogens with zero attached hydrogens (tertiary/aromatic N) is 2. The van der Waals surface area contributed by atoms with Crippen LogP contribution in [0.3, 0.4) is 0 Å². The molecule has 0 radical (unpaired) electrons. The third-order valence-electron chi connectivity index (χ3n) is 2.41. The van der Waals surface area contributed by atoms with E-state index in [-0.39, 0.29) is 6.04 Å². The van der Waals surface area contributed by atoms with E-state index in [1.807, 2.05) is 26.8 Å². The van der Waals surface area contributed by atoms with Crippen molar-refractivity contribution in [2.24, 2.45) is 0 Å². The second kappa shape index (κ2) is 4.87. The van der Waals surface area contributed by atoms with Gasteiger partial charge in [-0.3, -0.25) is 0 Å². The molecule has 1 N–H and O–H groups in total. The molecule has 0 aliphatic heterocycles. The summed E-state index contributed by atoms with van der Waals surface area (Å²) in [6.45, 7) is 5.88. The second-order valence-electron chi connectivity index (χ2n) is 3.99. The van der Waals surface area contributed by atoms with Crippen molar-refractivity contribution >= 4 is 21.7 Å². The van der Waals surface area contributed by atoms with Crippen LogP contribution in [0.15, 0.2) is 27.3 Å². The molecule has 0 bridgehead atoms. The van der Waals surface area contributed by atoms with Crippen molar-refractivity contribution in [3.8, 4) is 0 Å². The van der Waals surface area contributed by atoms with Gasteiger partial charge in [0.25, 0.3) is 0 Å². The summed E-state index contributed by atoms with van der Waals surface area (Å²) < 4.78 is 6.44. The van der Waals surface area contributed by atoms with Crippen LogP contribution >= 0.6 is 15.9 Å². The van der Waals surface area contributed by atoms with E-state index in [2.05, 4.69) is 31.2 Å². The van der Waals surface area contributed by atoms with Gasteiger partial charge in [-0.25, -0.2) is 9.97 Å². The van der Waals surface area contributed by atoms with Gasteiger partial charge in [0.2, 0.25) is 5.89 Å². The van der Waals surface area contributed by atoms with Crippen LogP contribution in [0.1, 0.15) is 30.2 Å². The third-order valence-corrected chi connectivity index (χ3v) is 2.84. The van der Waals surface area contributed by atoms with Crippen molar-refractivity contribution in [2.45, 2.75) is 26.8 Å². The van der Waals surface area contributed by atoms with Crippen LogP contribution < -0.4 is 5.32 Å². The molecular formula is C12H14BrN3O. The van der Waals surface area contributed by atoms with Crippen molar-refractivity contribution in [1.29, 1.82) is 0 Å². The Morgan fingerprint density at radius 2 is 2.06 bits per heavy atom. The maximum absolute atomic E-state index is 5.47. The molecule has 17 heavy (non-hydrogen) atoms. The maximum Gasteiger partial charge on any atom is 0.216 e. The summed E-state index contributed by atoms with van der Waals surface area (Å²) >= 11 is 3.39. The molecule has 90 valence electrons. The summed E-state index contributed by atoms with van der Waals surface area (Å²) in [5.74, 6) is 2.33. The van der Waals surface area contributed by atoms with Gasteiger partial charge in [0.05, 0.1) is 6.20 Å². The van der Waals surface area contributed by atoms with E-state index < -0.39 is 0 Å². The average molecular weight is 296 g/mol. The molecule has 2 aromatic rings. The first-order valence-corrected chi connectivity index (χ1v) is 6.16. The molecule has 0 aromatic carbocycles. The largest absolute Gasteiger partial charge is 0.444 e. The highest BCUT2D eigenvalue weighted by atomic mass is 79.9. The number of rotatable bonds is 3. The zero-order chi connectivity index (χ0) is 12.4. The van der Waals surface area contributed by atoms with Crippen LogP contribution in [-0.2, 0) is 0 Å². The molecule has 2 rings (SSSR count). The zero-order valence-electron chi connectivity index (χ0n) is 9.99. The first-order valence-electron chi connectivity index (χ1n) is 5.37. The summed E-state index contributed by atoms with van der Waals surface area (Å²) in [6.07, 6.45) is 3.48. The van der Waals surface area contributed by atoms with Crippen LogP contribution in [-0.4, -0.2) is 9.97 Å². The highest BCUT2D eigenvalue weighted by Gasteiger charge is 2.12. The van der Waals surface area contributed by atoms with Crippen molar-refractivity contribution in [1.82, 2.24) is 9.97 Å². The van der Waals surface area contributed by atoms with E-state index in [1.54, 1.807) is 12.4 Å². The fourth-order valence-corrected chi connectivity index (χ4v) is 1.98. The van der Waals surface area contributed by atoms with Gasteiger partial charge in [0.15, 0.2) is 0 Å². The molecule has 2 heterocycles. The lowest BCUT2D eigenvalue weighted by atomic mass is 10.2. The number of oxazole rings is 1. The van der Waals surface area contributed by atoms with Gasteiger partial charge < -0.3 is 9.73 Å². The van der Waals surface area contributed by atoms with Gasteiger partial charge in [-0.1, -0.05) is 0 Å². The molecule has 1 unspecified atom stereocenters. The van der Waals surface area contributed by atoms with Crippen molar-refractivity contribution in [3.63, 3.8) is 0 Å². The molecule has 1 atom stereocenters. The number of nitrogens with one attached hydrogen (secondary N) is 1. The molecular weight excluding hydrogens is 282 g/mol. The summed E-state index contributed by atoms with van der Waals surface area (Å²) in [5.41, 5.74) is 1.08. The first-order chi connectivity index (χ1) is 8.06. The van der Waals surface area contributed by atoms with Gasteiger partial charge in [-0.15, -0.1) is 0 Å². The molecule has 0 fully saturated rings. The summed E-state index contributed by atoms with van der Waals surface area (Å²) in [7, 11) is 0. The van der Waals surface area contributed by atoms with Crippen LogP contribution in [0, 0.1) is 13.8 Å². The van der Waals surface area contributed by atoms with Gasteiger partial charge in [-0.2, -0.15) is 0 Å². The normalized spacial score (nSPS) is 12.5. The van der Waals surface area contributed by atoms with Gasteiger partial charge in [-0.05, 0) is 48.3 Å². The lowest BCUT2D eigenvalue weighted by Gasteiger charge is -2.13. The number of hydrogen-bond donors (Lipinski definition) is 1. The maximum atomic E-state index is 5.47. The Bertz CT molecular complexity index is 524. The highest BCUT2D eigenvalue weighted by molar-refractivity contribution is 9.10. The average Bonchev–Trinajstić information content (AvgIpc) is 2.69. The Morgan fingerprint density at radius 3 is 2.65 bits per heavy atom. The summed E-state index contributed by atoms with van der Waals surface area (Å²) in [4.78, 5) is 8.52. The predicted octanol–water partition coefficient (Wildman–Crippen LogP) is 3.62. The summed E-state index contributed by atoms with van der Waals surface area (Å²) in [5, 5.41) is 3.28. The smallest absolute Gasteiger partial charge is 0.216 e. The fraction of sp³-hybridized carbons (Fsp3) is 0.333. The standard InChI is InChI=1S/C12H14BrN3O/c1-7-4-10(13)6-14-11(7)16-9(3)12-15-5-8(2)17-12/h4-6,9H,1-3H3,(H,14,16). The molecule has 0 amide bonds. The van der Waals surface area contributed by atoms with E-state index >= 15 is 0 Å². The van der Waals surface area contributed by atoms with Crippen LogP contribution in [0.25, 0.3) is 0 Å². The second-order valence-corrected chi connectivity index (χ2v) is 4.91.